The molecule has 9 heteroatoms. The summed E-state index contributed by atoms with van der Waals surface area (Å²) in [4.78, 5) is 41.6. The molecule has 0 aliphatic rings. The minimum atomic E-state index is -1.06. The van der Waals surface area contributed by atoms with Crippen molar-refractivity contribution in [1.29, 1.82) is 0 Å². The first-order valence-corrected chi connectivity index (χ1v) is 10.5. The molecule has 29 heavy (non-hydrogen) atoms. The lowest BCUT2D eigenvalue weighted by Crippen LogP contribution is -2.40. The molecule has 2 aromatic heterocycles. The second-order valence-corrected chi connectivity index (χ2v) is 8.39. The zero-order chi connectivity index (χ0) is 20.8. The summed E-state index contributed by atoms with van der Waals surface area (Å²) in [5, 5.41) is 17.1. The van der Waals surface area contributed by atoms with Crippen molar-refractivity contribution in [3.8, 4) is 0 Å². The molecule has 0 saturated carbocycles. The minimum Gasteiger partial charge on any atom is -0.476 e. The lowest BCUT2D eigenvalue weighted by Gasteiger charge is -2.18. The first kappa shape index (κ1) is 20.7. The van der Waals surface area contributed by atoms with Crippen molar-refractivity contribution in [2.24, 2.45) is 0 Å². The van der Waals surface area contributed by atoms with E-state index in [0.29, 0.717) is 26.7 Å². The molecule has 1 atom stereocenters. The first-order valence-electron chi connectivity index (χ1n) is 8.82. The molecule has 3 aromatic rings. The molecule has 0 bridgehead atoms. The van der Waals surface area contributed by atoms with E-state index in [0.717, 1.165) is 0 Å². The van der Waals surface area contributed by atoms with Gasteiger partial charge in [-0.1, -0.05) is 36.4 Å². The van der Waals surface area contributed by atoms with Crippen molar-refractivity contribution >= 4 is 40.5 Å². The number of hydrogen-bond acceptors (Lipinski definition) is 6. The van der Waals surface area contributed by atoms with E-state index in [1.807, 2.05) is 6.07 Å². The number of thiophene rings is 1. The van der Waals surface area contributed by atoms with Gasteiger partial charge in [-0.3, -0.25) is 9.59 Å². The van der Waals surface area contributed by atoms with Crippen LogP contribution in [0.2, 0.25) is 0 Å². The number of nitrogens with one attached hydrogen (secondary N) is 2. The summed E-state index contributed by atoms with van der Waals surface area (Å²) in [5.41, 5.74) is 0.717. The van der Waals surface area contributed by atoms with Crippen LogP contribution in [0.15, 0.2) is 47.8 Å². The van der Waals surface area contributed by atoms with Gasteiger partial charge in [0.25, 0.3) is 5.91 Å². The molecule has 2 amide bonds. The average molecular weight is 430 g/mol. The molecular formula is C20H19N3O4S2. The van der Waals surface area contributed by atoms with Crippen LogP contribution in [-0.4, -0.2) is 34.4 Å². The van der Waals surface area contributed by atoms with Crippen LogP contribution < -0.4 is 10.6 Å². The zero-order valence-corrected chi connectivity index (χ0v) is 17.2. The van der Waals surface area contributed by atoms with Crippen molar-refractivity contribution in [3.63, 3.8) is 0 Å². The molecule has 2 heterocycles. The maximum absolute atomic E-state index is 12.8. The monoisotopic (exact) mass is 429 g/mol. The van der Waals surface area contributed by atoms with Gasteiger partial charge in [-0.05, 0) is 23.9 Å². The Kier molecular flexibility index (Phi) is 6.73. The third-order valence-electron chi connectivity index (χ3n) is 4.10. The number of aryl methyl sites for hydroxylation is 1. The van der Waals surface area contributed by atoms with Crippen LogP contribution in [0, 0.1) is 6.92 Å². The molecule has 7 nitrogen and oxygen atoms in total. The van der Waals surface area contributed by atoms with E-state index in [1.54, 1.807) is 48.7 Å². The van der Waals surface area contributed by atoms with Crippen LogP contribution in [0.5, 0.6) is 0 Å². The number of hydrogen-bond donors (Lipinski definition) is 3. The fourth-order valence-corrected chi connectivity index (χ4v) is 4.26. The molecule has 1 unspecified atom stereocenters. The number of carbonyl (C=O) groups is 3. The van der Waals surface area contributed by atoms with E-state index < -0.39 is 12.0 Å². The third-order valence-corrected chi connectivity index (χ3v) is 6.00. The Bertz CT molecular complexity index is 1000. The maximum atomic E-state index is 12.8. The van der Waals surface area contributed by atoms with Crippen LogP contribution in [0.25, 0.3) is 0 Å². The summed E-state index contributed by atoms with van der Waals surface area (Å²) in [7, 11) is 0. The molecular weight excluding hydrogens is 410 g/mol. The standard InChI is InChI=1S/C20H19N3O4S2/c1-12-16(20(26)27)22-15(29-12)9-10-21-19(25)17(13-6-3-2-4-7-13)23-18(24)14-8-5-11-28-14/h2-8,11,17H,9-10H2,1H3,(H,21,25)(H,23,24)(H,26,27). The number of carboxylic acids is 1. The number of thiazole rings is 1. The Morgan fingerprint density at radius 3 is 2.52 bits per heavy atom. The van der Waals surface area contributed by atoms with Gasteiger partial charge in [0.2, 0.25) is 5.91 Å². The Morgan fingerprint density at radius 2 is 1.90 bits per heavy atom. The van der Waals surface area contributed by atoms with Gasteiger partial charge in [-0.15, -0.1) is 22.7 Å². The number of nitrogens with zero attached hydrogens (tertiary/aromatic N) is 1. The lowest BCUT2D eigenvalue weighted by atomic mass is 10.1. The molecule has 150 valence electrons. The van der Waals surface area contributed by atoms with Crippen LogP contribution in [0.1, 0.15) is 41.7 Å². The van der Waals surface area contributed by atoms with Gasteiger partial charge in [-0.2, -0.15) is 0 Å². The van der Waals surface area contributed by atoms with E-state index in [9.17, 15) is 14.4 Å². The highest BCUT2D eigenvalue weighted by Crippen LogP contribution is 2.18. The van der Waals surface area contributed by atoms with Crippen LogP contribution in [0.4, 0.5) is 0 Å². The van der Waals surface area contributed by atoms with E-state index in [4.69, 9.17) is 5.11 Å². The van der Waals surface area contributed by atoms with E-state index in [2.05, 4.69) is 15.6 Å². The highest BCUT2D eigenvalue weighted by atomic mass is 32.1. The molecule has 3 N–H and O–H groups in total. The minimum absolute atomic E-state index is 0.0432. The molecule has 0 saturated heterocycles. The quantitative estimate of drug-likeness (QED) is 0.510. The summed E-state index contributed by atoms with van der Waals surface area (Å²) in [6.45, 7) is 1.98. The summed E-state index contributed by atoms with van der Waals surface area (Å²) in [6, 6.07) is 11.6. The van der Waals surface area contributed by atoms with Crippen LogP contribution in [-0.2, 0) is 11.2 Å². The fourth-order valence-electron chi connectivity index (χ4n) is 2.71. The summed E-state index contributed by atoms with van der Waals surface area (Å²) in [5.74, 6) is -1.71. The molecule has 0 aliphatic carbocycles. The Morgan fingerprint density at radius 1 is 1.14 bits per heavy atom. The third kappa shape index (κ3) is 5.27. The highest BCUT2D eigenvalue weighted by molar-refractivity contribution is 7.12. The predicted octanol–water partition coefficient (Wildman–Crippen LogP) is 3.04. The highest BCUT2D eigenvalue weighted by Gasteiger charge is 2.23. The van der Waals surface area contributed by atoms with Crippen molar-refractivity contribution < 1.29 is 19.5 Å². The lowest BCUT2D eigenvalue weighted by molar-refractivity contribution is -0.123. The van der Waals surface area contributed by atoms with Gasteiger partial charge in [0.05, 0.1) is 9.88 Å². The van der Waals surface area contributed by atoms with Gasteiger partial charge in [-0.25, -0.2) is 9.78 Å². The maximum Gasteiger partial charge on any atom is 0.355 e. The second kappa shape index (κ2) is 9.44. The van der Waals surface area contributed by atoms with Gasteiger partial charge < -0.3 is 15.7 Å². The van der Waals surface area contributed by atoms with E-state index in [1.165, 1.54) is 22.7 Å². The predicted molar refractivity (Wildman–Crippen MR) is 111 cm³/mol. The average Bonchev–Trinajstić information content (AvgIpc) is 3.36. The fraction of sp³-hybridized carbons (Fsp3) is 0.200. The van der Waals surface area contributed by atoms with E-state index in [-0.39, 0.29) is 24.1 Å². The van der Waals surface area contributed by atoms with Gasteiger partial charge in [0, 0.05) is 17.8 Å². The molecule has 3 rings (SSSR count). The number of carboxylic acid groups (broad SMARTS) is 1. The number of carbonyl (C=O) groups excluding carboxylic acids is 2. The van der Waals surface area contributed by atoms with Crippen molar-refractivity contribution in [3.05, 3.63) is 73.9 Å². The molecule has 0 spiro atoms. The topological polar surface area (TPSA) is 108 Å². The molecule has 1 aromatic carbocycles. The molecule has 0 fully saturated rings. The normalized spacial score (nSPS) is 11.6. The van der Waals surface area contributed by atoms with Crippen molar-refractivity contribution in [2.75, 3.05) is 6.54 Å². The van der Waals surface area contributed by atoms with Crippen LogP contribution in [0.3, 0.4) is 0 Å². The Labute approximate surface area is 175 Å². The molecule has 0 aliphatic heterocycles. The number of rotatable bonds is 8. The Hall–Kier alpha value is -3.04. The van der Waals surface area contributed by atoms with E-state index >= 15 is 0 Å². The summed E-state index contributed by atoms with van der Waals surface area (Å²) >= 11 is 2.60. The number of aromatic nitrogens is 1. The largest absolute Gasteiger partial charge is 0.476 e. The smallest absolute Gasteiger partial charge is 0.355 e. The second-order valence-electron chi connectivity index (χ2n) is 6.15. The number of aromatic carboxylic acids is 1. The number of benzene rings is 1. The van der Waals surface area contributed by atoms with Gasteiger partial charge in [0.15, 0.2) is 5.69 Å². The van der Waals surface area contributed by atoms with Gasteiger partial charge in [0.1, 0.15) is 6.04 Å². The Balaban J connectivity index is 1.66. The first-order chi connectivity index (χ1) is 14.0. The van der Waals surface area contributed by atoms with Crippen molar-refractivity contribution in [2.45, 2.75) is 19.4 Å². The summed E-state index contributed by atoms with van der Waals surface area (Å²) < 4.78 is 0. The zero-order valence-electron chi connectivity index (χ0n) is 15.5. The summed E-state index contributed by atoms with van der Waals surface area (Å²) in [6.07, 6.45) is 0.408. The number of amides is 2. The van der Waals surface area contributed by atoms with Crippen LogP contribution >= 0.6 is 22.7 Å². The van der Waals surface area contributed by atoms with Crippen molar-refractivity contribution in [1.82, 2.24) is 15.6 Å². The van der Waals surface area contributed by atoms with Gasteiger partial charge >= 0.3 is 5.97 Å². The molecule has 0 radical (unpaired) electrons. The SMILES string of the molecule is Cc1sc(CCNC(=O)C(NC(=O)c2cccs2)c2ccccc2)nc1C(=O)O.